The Labute approximate surface area is 103 Å². The average molecular weight is 263 g/mol. The Bertz CT molecular complexity index is 417. The number of hydrogen-bond donors (Lipinski definition) is 3. The molecule has 8 heteroatoms. The molecule has 0 aliphatic carbocycles. The smallest absolute Gasteiger partial charge is 0.361 e. The maximum absolute atomic E-state index is 12.2. The zero-order valence-corrected chi connectivity index (χ0v) is 10.4. The second-order valence-electron chi connectivity index (χ2n) is 4.17. The summed E-state index contributed by atoms with van der Waals surface area (Å²) in [6, 6.07) is 0. The highest BCUT2D eigenvalue weighted by atomic mass is 19.4. The van der Waals surface area contributed by atoms with Gasteiger partial charge in [-0.15, -0.1) is 0 Å². The lowest BCUT2D eigenvalue weighted by Crippen LogP contribution is -2.23. The van der Waals surface area contributed by atoms with Gasteiger partial charge in [-0.3, -0.25) is 0 Å². The standard InChI is InChI=1S/C10H16F3N5/c1-5(2)7-16-8(15-4-10(11,12)13)6(3)9(17-7)18-14/h5H,4,14H2,1-3H3,(H2,15,16,17,18). The molecule has 0 bridgehead atoms. The highest BCUT2D eigenvalue weighted by molar-refractivity contribution is 5.56. The molecular weight excluding hydrogens is 247 g/mol. The first-order valence-electron chi connectivity index (χ1n) is 5.40. The lowest BCUT2D eigenvalue weighted by molar-refractivity contribution is -0.115. The monoisotopic (exact) mass is 263 g/mol. The lowest BCUT2D eigenvalue weighted by Gasteiger charge is -2.15. The van der Waals surface area contributed by atoms with E-state index in [0.29, 0.717) is 17.2 Å². The van der Waals surface area contributed by atoms with Crippen molar-refractivity contribution in [3.63, 3.8) is 0 Å². The third-order valence-electron chi connectivity index (χ3n) is 2.27. The highest BCUT2D eigenvalue weighted by Crippen LogP contribution is 2.24. The molecule has 0 saturated heterocycles. The molecule has 1 aromatic rings. The van der Waals surface area contributed by atoms with Gasteiger partial charge in [0.25, 0.3) is 0 Å². The number of nitrogens with one attached hydrogen (secondary N) is 2. The van der Waals surface area contributed by atoms with E-state index < -0.39 is 12.7 Å². The van der Waals surface area contributed by atoms with Gasteiger partial charge < -0.3 is 10.7 Å². The van der Waals surface area contributed by atoms with Crippen LogP contribution in [0, 0.1) is 6.92 Å². The number of aromatic nitrogens is 2. The SMILES string of the molecule is Cc1c(NN)nc(C(C)C)nc1NCC(F)(F)F. The zero-order chi connectivity index (χ0) is 13.9. The molecule has 5 nitrogen and oxygen atoms in total. The fourth-order valence-electron chi connectivity index (χ4n) is 1.29. The number of hydrazine groups is 1. The van der Waals surface area contributed by atoms with Gasteiger partial charge in [-0.05, 0) is 6.92 Å². The van der Waals surface area contributed by atoms with Gasteiger partial charge in [-0.2, -0.15) is 13.2 Å². The summed E-state index contributed by atoms with van der Waals surface area (Å²) in [6.45, 7) is 4.14. The largest absolute Gasteiger partial charge is 0.405 e. The van der Waals surface area contributed by atoms with Crippen LogP contribution in [-0.4, -0.2) is 22.7 Å². The highest BCUT2D eigenvalue weighted by Gasteiger charge is 2.27. The number of alkyl halides is 3. The summed E-state index contributed by atoms with van der Waals surface area (Å²) < 4.78 is 36.5. The quantitative estimate of drug-likeness (QED) is 0.573. The van der Waals surface area contributed by atoms with E-state index in [4.69, 9.17) is 5.84 Å². The first kappa shape index (κ1) is 14.5. The number of hydrogen-bond acceptors (Lipinski definition) is 5. The van der Waals surface area contributed by atoms with E-state index >= 15 is 0 Å². The first-order chi connectivity index (χ1) is 8.24. The molecule has 1 aromatic heterocycles. The van der Waals surface area contributed by atoms with E-state index in [1.807, 2.05) is 13.8 Å². The third-order valence-corrected chi connectivity index (χ3v) is 2.27. The number of nitrogens with two attached hydrogens (primary N) is 1. The minimum Gasteiger partial charge on any atom is -0.361 e. The van der Waals surface area contributed by atoms with Crippen molar-refractivity contribution in [3.05, 3.63) is 11.4 Å². The van der Waals surface area contributed by atoms with Crippen LogP contribution in [0.5, 0.6) is 0 Å². The Morgan fingerprint density at radius 1 is 1.22 bits per heavy atom. The van der Waals surface area contributed by atoms with E-state index in [9.17, 15) is 13.2 Å². The molecular formula is C10H16F3N5. The summed E-state index contributed by atoms with van der Waals surface area (Å²) in [5.74, 6) is 6.15. The van der Waals surface area contributed by atoms with Gasteiger partial charge in [0.05, 0.1) is 0 Å². The molecule has 102 valence electrons. The van der Waals surface area contributed by atoms with Crippen LogP contribution in [0.4, 0.5) is 24.8 Å². The predicted molar refractivity (Wildman–Crippen MR) is 63.2 cm³/mol. The molecule has 1 heterocycles. The molecule has 0 aromatic carbocycles. The Hall–Kier alpha value is -1.57. The number of rotatable bonds is 4. The predicted octanol–water partition coefficient (Wildman–Crippen LogP) is 2.17. The molecule has 0 radical (unpaired) electrons. The summed E-state index contributed by atoms with van der Waals surface area (Å²) in [5, 5.41) is 2.25. The number of halogens is 3. The van der Waals surface area contributed by atoms with E-state index in [1.165, 1.54) is 0 Å². The first-order valence-corrected chi connectivity index (χ1v) is 5.40. The van der Waals surface area contributed by atoms with Crippen LogP contribution in [0.2, 0.25) is 0 Å². The molecule has 0 amide bonds. The summed E-state index contributed by atoms with van der Waals surface area (Å²) in [4.78, 5) is 8.19. The van der Waals surface area contributed by atoms with Crippen molar-refractivity contribution in [2.45, 2.75) is 32.9 Å². The van der Waals surface area contributed by atoms with E-state index in [1.54, 1.807) is 6.92 Å². The summed E-state index contributed by atoms with van der Waals surface area (Å²) in [6.07, 6.45) is -4.30. The van der Waals surface area contributed by atoms with Crippen molar-refractivity contribution in [1.29, 1.82) is 0 Å². The van der Waals surface area contributed by atoms with Crippen molar-refractivity contribution in [2.24, 2.45) is 5.84 Å². The third kappa shape index (κ3) is 3.73. The summed E-state index contributed by atoms with van der Waals surface area (Å²) in [7, 11) is 0. The van der Waals surface area contributed by atoms with Gasteiger partial charge in [0.15, 0.2) is 0 Å². The molecule has 0 aliphatic rings. The minimum atomic E-state index is -4.30. The molecule has 0 spiro atoms. The van der Waals surface area contributed by atoms with Crippen LogP contribution in [0.25, 0.3) is 0 Å². The molecule has 4 N–H and O–H groups in total. The average Bonchev–Trinajstić information content (AvgIpc) is 2.26. The molecule has 0 fully saturated rings. The second kappa shape index (κ2) is 5.38. The van der Waals surface area contributed by atoms with Crippen LogP contribution < -0.4 is 16.6 Å². The van der Waals surface area contributed by atoms with Gasteiger partial charge in [-0.1, -0.05) is 13.8 Å². The Morgan fingerprint density at radius 2 is 1.78 bits per heavy atom. The van der Waals surface area contributed by atoms with Crippen molar-refractivity contribution in [2.75, 3.05) is 17.3 Å². The van der Waals surface area contributed by atoms with Crippen LogP contribution in [0.15, 0.2) is 0 Å². The lowest BCUT2D eigenvalue weighted by atomic mass is 10.2. The maximum Gasteiger partial charge on any atom is 0.405 e. The Balaban J connectivity index is 3.05. The molecule has 1 rings (SSSR count). The van der Waals surface area contributed by atoms with Crippen molar-refractivity contribution >= 4 is 11.6 Å². The van der Waals surface area contributed by atoms with Crippen LogP contribution in [0.3, 0.4) is 0 Å². The zero-order valence-electron chi connectivity index (χ0n) is 10.4. The van der Waals surface area contributed by atoms with Crippen molar-refractivity contribution < 1.29 is 13.2 Å². The van der Waals surface area contributed by atoms with Crippen LogP contribution in [0.1, 0.15) is 31.2 Å². The summed E-state index contributed by atoms with van der Waals surface area (Å²) in [5.41, 5.74) is 2.81. The van der Waals surface area contributed by atoms with Crippen molar-refractivity contribution in [1.82, 2.24) is 9.97 Å². The number of nitrogen functional groups attached to an aromatic ring is 1. The molecule has 0 unspecified atom stereocenters. The Kier molecular flexibility index (Phi) is 4.33. The molecule has 18 heavy (non-hydrogen) atoms. The number of anilines is 2. The van der Waals surface area contributed by atoms with Crippen LogP contribution in [-0.2, 0) is 0 Å². The fraction of sp³-hybridized carbons (Fsp3) is 0.600. The van der Waals surface area contributed by atoms with E-state index in [-0.39, 0.29) is 11.7 Å². The molecule has 0 saturated carbocycles. The molecule has 0 atom stereocenters. The topological polar surface area (TPSA) is 75.9 Å². The normalized spacial score (nSPS) is 11.8. The van der Waals surface area contributed by atoms with Crippen LogP contribution >= 0.6 is 0 Å². The fourth-order valence-corrected chi connectivity index (χ4v) is 1.29. The van der Waals surface area contributed by atoms with Gasteiger partial charge in [0.2, 0.25) is 0 Å². The Morgan fingerprint density at radius 3 is 2.22 bits per heavy atom. The van der Waals surface area contributed by atoms with Gasteiger partial charge in [-0.25, -0.2) is 15.8 Å². The van der Waals surface area contributed by atoms with Gasteiger partial charge >= 0.3 is 6.18 Å². The number of nitrogens with zero attached hydrogens (tertiary/aromatic N) is 2. The van der Waals surface area contributed by atoms with Gasteiger partial charge in [0.1, 0.15) is 24.0 Å². The van der Waals surface area contributed by atoms with Crippen molar-refractivity contribution in [3.8, 4) is 0 Å². The maximum atomic E-state index is 12.2. The second-order valence-corrected chi connectivity index (χ2v) is 4.17. The van der Waals surface area contributed by atoms with E-state index in [0.717, 1.165) is 0 Å². The van der Waals surface area contributed by atoms with Gasteiger partial charge in [0, 0.05) is 11.5 Å². The van der Waals surface area contributed by atoms with E-state index in [2.05, 4.69) is 20.7 Å². The summed E-state index contributed by atoms with van der Waals surface area (Å²) >= 11 is 0. The minimum absolute atomic E-state index is 0.0101. The molecule has 0 aliphatic heterocycles.